The van der Waals surface area contributed by atoms with Gasteiger partial charge in [-0.15, -0.1) is 0 Å². The maximum atomic E-state index is 11.4. The minimum atomic E-state index is 0.00833. The average molecular weight is 242 g/mol. The second-order valence-corrected chi connectivity index (χ2v) is 4.22. The highest BCUT2D eigenvalue weighted by Gasteiger charge is 2.12. The summed E-state index contributed by atoms with van der Waals surface area (Å²) in [6.07, 6.45) is 0.809. The Bertz CT molecular complexity index is 627. The average Bonchev–Trinajstić information content (AvgIpc) is 2.64. The molecule has 0 bridgehead atoms. The molecule has 1 aromatic heterocycles. The van der Waals surface area contributed by atoms with Crippen molar-refractivity contribution in [3.63, 3.8) is 0 Å². The van der Waals surface area contributed by atoms with Crippen LogP contribution in [0.15, 0.2) is 24.3 Å². The maximum absolute atomic E-state index is 11.4. The molecule has 1 aromatic carbocycles. The van der Waals surface area contributed by atoms with Crippen LogP contribution in [0.4, 0.5) is 0 Å². The van der Waals surface area contributed by atoms with Crippen LogP contribution in [0.25, 0.3) is 5.69 Å². The monoisotopic (exact) mass is 242 g/mol. The van der Waals surface area contributed by atoms with Gasteiger partial charge in [0, 0.05) is 5.56 Å². The predicted octanol–water partition coefficient (Wildman–Crippen LogP) is 2.50. The molecule has 0 fully saturated rings. The molecule has 2 rings (SSSR count). The third kappa shape index (κ3) is 1.97. The SMILES string of the molecule is CC(=O)c1cccc(-n2nc(C)c(C=O)c2C)c1. The first-order valence-electron chi connectivity index (χ1n) is 5.67. The Labute approximate surface area is 105 Å². The lowest BCUT2D eigenvalue weighted by Crippen LogP contribution is -2.01. The van der Waals surface area contributed by atoms with Crippen LogP contribution in [0, 0.1) is 13.8 Å². The van der Waals surface area contributed by atoms with Gasteiger partial charge in [0.15, 0.2) is 12.1 Å². The number of rotatable bonds is 3. The standard InChI is InChI=1S/C14H14N2O2/c1-9-14(8-17)10(2)16(15-9)13-6-4-5-12(7-13)11(3)18/h4-8H,1-3H3. The molecular formula is C14H14N2O2. The molecule has 0 unspecified atom stereocenters. The molecule has 0 aliphatic carbocycles. The van der Waals surface area contributed by atoms with Crippen molar-refractivity contribution in [3.05, 3.63) is 46.8 Å². The molecule has 0 radical (unpaired) electrons. The van der Waals surface area contributed by atoms with Crippen LogP contribution in [-0.2, 0) is 0 Å². The van der Waals surface area contributed by atoms with E-state index in [2.05, 4.69) is 5.10 Å². The van der Waals surface area contributed by atoms with E-state index in [9.17, 15) is 9.59 Å². The van der Waals surface area contributed by atoms with E-state index in [0.717, 1.165) is 17.7 Å². The van der Waals surface area contributed by atoms with Gasteiger partial charge < -0.3 is 0 Å². The molecule has 0 amide bonds. The van der Waals surface area contributed by atoms with Gasteiger partial charge in [-0.25, -0.2) is 4.68 Å². The molecule has 0 aliphatic rings. The topological polar surface area (TPSA) is 52.0 Å². The van der Waals surface area contributed by atoms with Crippen molar-refractivity contribution in [1.29, 1.82) is 0 Å². The molecule has 18 heavy (non-hydrogen) atoms. The zero-order valence-corrected chi connectivity index (χ0v) is 10.6. The minimum Gasteiger partial charge on any atom is -0.298 e. The smallest absolute Gasteiger partial charge is 0.159 e. The number of aromatic nitrogens is 2. The lowest BCUT2D eigenvalue weighted by Gasteiger charge is -2.05. The number of aldehydes is 1. The van der Waals surface area contributed by atoms with E-state index >= 15 is 0 Å². The zero-order chi connectivity index (χ0) is 13.3. The van der Waals surface area contributed by atoms with E-state index in [-0.39, 0.29) is 5.78 Å². The summed E-state index contributed by atoms with van der Waals surface area (Å²) < 4.78 is 1.69. The van der Waals surface area contributed by atoms with E-state index < -0.39 is 0 Å². The van der Waals surface area contributed by atoms with Crippen LogP contribution in [0.1, 0.15) is 39.0 Å². The zero-order valence-electron chi connectivity index (χ0n) is 10.6. The first kappa shape index (κ1) is 12.2. The third-order valence-electron chi connectivity index (χ3n) is 2.96. The summed E-state index contributed by atoms with van der Waals surface area (Å²) in [5.41, 5.74) is 3.49. The van der Waals surface area contributed by atoms with E-state index in [1.54, 1.807) is 23.7 Å². The fourth-order valence-electron chi connectivity index (χ4n) is 1.93. The second-order valence-electron chi connectivity index (χ2n) is 4.22. The Kier molecular flexibility index (Phi) is 3.10. The molecule has 0 saturated carbocycles. The minimum absolute atomic E-state index is 0.00833. The number of aryl methyl sites for hydroxylation is 1. The number of ketones is 1. The predicted molar refractivity (Wildman–Crippen MR) is 68.4 cm³/mol. The van der Waals surface area contributed by atoms with E-state index in [1.807, 2.05) is 19.1 Å². The quantitative estimate of drug-likeness (QED) is 0.613. The van der Waals surface area contributed by atoms with Crippen LogP contribution in [0.5, 0.6) is 0 Å². The fraction of sp³-hybridized carbons (Fsp3) is 0.214. The lowest BCUT2D eigenvalue weighted by atomic mass is 10.1. The molecule has 92 valence electrons. The van der Waals surface area contributed by atoms with E-state index in [1.165, 1.54) is 6.92 Å². The number of carbonyl (C=O) groups is 2. The van der Waals surface area contributed by atoms with Crippen LogP contribution in [-0.4, -0.2) is 21.8 Å². The molecule has 0 N–H and O–H groups in total. The van der Waals surface area contributed by atoms with Gasteiger partial charge in [0.1, 0.15) is 0 Å². The Hall–Kier alpha value is -2.23. The van der Waals surface area contributed by atoms with Gasteiger partial charge in [0.2, 0.25) is 0 Å². The molecule has 4 heteroatoms. The van der Waals surface area contributed by atoms with Crippen molar-refractivity contribution in [2.75, 3.05) is 0 Å². The van der Waals surface area contributed by atoms with Crippen molar-refractivity contribution < 1.29 is 9.59 Å². The summed E-state index contributed by atoms with van der Waals surface area (Å²) in [7, 11) is 0. The summed E-state index contributed by atoms with van der Waals surface area (Å²) in [6, 6.07) is 7.21. The lowest BCUT2D eigenvalue weighted by molar-refractivity contribution is 0.101. The Morgan fingerprint density at radius 3 is 2.61 bits per heavy atom. The molecule has 0 saturated heterocycles. The number of nitrogens with zero attached hydrogens (tertiary/aromatic N) is 2. The van der Waals surface area contributed by atoms with Gasteiger partial charge in [-0.05, 0) is 32.9 Å². The van der Waals surface area contributed by atoms with Crippen LogP contribution in [0.2, 0.25) is 0 Å². The van der Waals surface area contributed by atoms with Gasteiger partial charge >= 0.3 is 0 Å². The van der Waals surface area contributed by atoms with Crippen LogP contribution in [0.3, 0.4) is 0 Å². The van der Waals surface area contributed by atoms with Crippen LogP contribution >= 0.6 is 0 Å². The fourth-order valence-corrected chi connectivity index (χ4v) is 1.93. The number of hydrogen-bond acceptors (Lipinski definition) is 3. The first-order valence-corrected chi connectivity index (χ1v) is 5.67. The summed E-state index contributed by atoms with van der Waals surface area (Å²) in [4.78, 5) is 22.3. The highest BCUT2D eigenvalue weighted by Crippen LogP contribution is 2.17. The summed E-state index contributed by atoms with van der Waals surface area (Å²) in [5, 5.41) is 4.33. The van der Waals surface area contributed by atoms with Gasteiger partial charge in [0.25, 0.3) is 0 Å². The molecule has 0 aliphatic heterocycles. The van der Waals surface area contributed by atoms with E-state index in [0.29, 0.717) is 16.8 Å². The molecule has 1 heterocycles. The second kappa shape index (κ2) is 4.56. The van der Waals surface area contributed by atoms with Crippen molar-refractivity contribution in [2.24, 2.45) is 0 Å². The van der Waals surface area contributed by atoms with Gasteiger partial charge in [-0.2, -0.15) is 5.10 Å². The number of hydrogen-bond donors (Lipinski definition) is 0. The van der Waals surface area contributed by atoms with Crippen molar-refractivity contribution >= 4 is 12.1 Å². The highest BCUT2D eigenvalue weighted by molar-refractivity contribution is 5.94. The third-order valence-corrected chi connectivity index (χ3v) is 2.96. The summed E-state index contributed by atoms with van der Waals surface area (Å²) in [5.74, 6) is 0.00833. The Balaban J connectivity index is 2.59. The van der Waals surface area contributed by atoms with Crippen LogP contribution < -0.4 is 0 Å². The van der Waals surface area contributed by atoms with Gasteiger partial charge in [-0.1, -0.05) is 12.1 Å². The first-order chi connectivity index (χ1) is 8.54. The Morgan fingerprint density at radius 2 is 2.06 bits per heavy atom. The molecule has 0 atom stereocenters. The molecule has 0 spiro atoms. The summed E-state index contributed by atoms with van der Waals surface area (Å²) in [6.45, 7) is 5.16. The van der Waals surface area contributed by atoms with Gasteiger partial charge in [0.05, 0.1) is 22.6 Å². The van der Waals surface area contributed by atoms with Crippen molar-refractivity contribution in [1.82, 2.24) is 9.78 Å². The molecular weight excluding hydrogens is 228 g/mol. The molecule has 2 aromatic rings. The summed E-state index contributed by atoms with van der Waals surface area (Å²) >= 11 is 0. The van der Waals surface area contributed by atoms with Crippen molar-refractivity contribution in [2.45, 2.75) is 20.8 Å². The van der Waals surface area contributed by atoms with Crippen molar-refractivity contribution in [3.8, 4) is 5.69 Å². The highest BCUT2D eigenvalue weighted by atomic mass is 16.1. The largest absolute Gasteiger partial charge is 0.298 e. The van der Waals surface area contributed by atoms with E-state index in [4.69, 9.17) is 0 Å². The normalized spacial score (nSPS) is 10.4. The number of carbonyl (C=O) groups excluding carboxylic acids is 2. The number of benzene rings is 1. The number of Topliss-reactive ketones (excluding diaryl/α,β-unsaturated/α-hetero) is 1. The Morgan fingerprint density at radius 1 is 1.33 bits per heavy atom. The molecule has 4 nitrogen and oxygen atoms in total. The maximum Gasteiger partial charge on any atom is 0.159 e. The van der Waals surface area contributed by atoms with Gasteiger partial charge in [-0.3, -0.25) is 9.59 Å².